The van der Waals surface area contributed by atoms with Crippen molar-refractivity contribution in [2.75, 3.05) is 20.1 Å². The van der Waals surface area contributed by atoms with Crippen LogP contribution < -0.4 is 0 Å². The van der Waals surface area contributed by atoms with Crippen molar-refractivity contribution in [3.63, 3.8) is 0 Å². The van der Waals surface area contributed by atoms with Gasteiger partial charge in [0.2, 0.25) is 10.0 Å². The molecule has 0 saturated heterocycles. The SMILES string of the molecule is CCN(CC)S(=O)(=O)c1ccc(Cl)c(C(=O)N(C)Cc2ccc(C)o2)c1. The maximum Gasteiger partial charge on any atom is 0.255 e. The number of carbonyl (C=O) groups is 1. The Kier molecular flexibility index (Phi) is 6.49. The first-order chi connectivity index (χ1) is 12.2. The predicted octanol–water partition coefficient (Wildman–Crippen LogP) is 3.54. The van der Waals surface area contributed by atoms with E-state index in [1.54, 1.807) is 27.0 Å². The smallest absolute Gasteiger partial charge is 0.255 e. The van der Waals surface area contributed by atoms with Crippen LogP contribution in [0.2, 0.25) is 5.02 Å². The topological polar surface area (TPSA) is 70.8 Å². The van der Waals surface area contributed by atoms with Gasteiger partial charge in [-0.1, -0.05) is 25.4 Å². The molecule has 0 N–H and O–H groups in total. The third-order valence-electron chi connectivity index (χ3n) is 4.05. The molecule has 142 valence electrons. The molecule has 1 aromatic heterocycles. The molecule has 0 atom stereocenters. The predicted molar refractivity (Wildman–Crippen MR) is 101 cm³/mol. The lowest BCUT2D eigenvalue weighted by Gasteiger charge is -2.20. The van der Waals surface area contributed by atoms with E-state index in [9.17, 15) is 13.2 Å². The second kappa shape index (κ2) is 8.24. The number of benzene rings is 1. The second-order valence-corrected chi connectivity index (χ2v) is 8.25. The average molecular weight is 399 g/mol. The standard InChI is InChI=1S/C18H23ClN2O4S/c1-5-21(6-2)26(23,24)15-9-10-17(19)16(11-15)18(22)20(4)12-14-8-7-13(3)25-14/h7-11H,5-6,12H2,1-4H3. The Morgan fingerprint density at radius 1 is 1.15 bits per heavy atom. The van der Waals surface area contributed by atoms with E-state index in [2.05, 4.69) is 0 Å². The minimum atomic E-state index is -3.67. The summed E-state index contributed by atoms with van der Waals surface area (Å²) in [6, 6.07) is 7.81. The lowest BCUT2D eigenvalue weighted by molar-refractivity contribution is 0.0775. The van der Waals surface area contributed by atoms with Gasteiger partial charge in [-0.05, 0) is 37.3 Å². The van der Waals surface area contributed by atoms with Crippen molar-refractivity contribution in [2.24, 2.45) is 0 Å². The van der Waals surface area contributed by atoms with Crippen LogP contribution in [0.3, 0.4) is 0 Å². The lowest BCUT2D eigenvalue weighted by Crippen LogP contribution is -2.31. The van der Waals surface area contributed by atoms with E-state index in [4.69, 9.17) is 16.0 Å². The van der Waals surface area contributed by atoms with Crippen molar-refractivity contribution < 1.29 is 17.6 Å². The highest BCUT2D eigenvalue weighted by atomic mass is 35.5. The van der Waals surface area contributed by atoms with Gasteiger partial charge in [0, 0.05) is 20.1 Å². The van der Waals surface area contributed by atoms with Gasteiger partial charge in [-0.2, -0.15) is 4.31 Å². The summed E-state index contributed by atoms with van der Waals surface area (Å²) in [5, 5.41) is 0.205. The molecule has 0 radical (unpaired) electrons. The number of hydrogen-bond donors (Lipinski definition) is 0. The summed E-state index contributed by atoms with van der Waals surface area (Å²) in [6.07, 6.45) is 0. The number of rotatable bonds is 7. The van der Waals surface area contributed by atoms with Crippen molar-refractivity contribution in [3.05, 3.63) is 52.4 Å². The number of sulfonamides is 1. The molecule has 1 aromatic carbocycles. The van der Waals surface area contributed by atoms with Gasteiger partial charge in [-0.15, -0.1) is 0 Å². The minimum absolute atomic E-state index is 0.0520. The number of halogens is 1. The number of hydrogen-bond acceptors (Lipinski definition) is 4. The molecule has 8 heteroatoms. The number of carbonyl (C=O) groups excluding carboxylic acids is 1. The van der Waals surface area contributed by atoms with E-state index in [1.165, 1.54) is 27.4 Å². The molecule has 2 rings (SSSR count). The molecular weight excluding hydrogens is 376 g/mol. The van der Waals surface area contributed by atoms with E-state index in [0.717, 1.165) is 5.76 Å². The van der Waals surface area contributed by atoms with Gasteiger partial charge in [0.05, 0.1) is 22.0 Å². The third-order valence-corrected chi connectivity index (χ3v) is 6.42. The lowest BCUT2D eigenvalue weighted by atomic mass is 10.2. The third kappa shape index (κ3) is 4.28. The van der Waals surface area contributed by atoms with Crippen LogP contribution in [0.1, 0.15) is 35.7 Å². The summed E-state index contributed by atoms with van der Waals surface area (Å²) in [7, 11) is -2.06. The molecule has 0 fully saturated rings. The molecule has 2 aromatic rings. The van der Waals surface area contributed by atoms with E-state index < -0.39 is 10.0 Å². The minimum Gasteiger partial charge on any atom is -0.464 e. The Morgan fingerprint density at radius 3 is 2.35 bits per heavy atom. The zero-order chi connectivity index (χ0) is 19.5. The zero-order valence-corrected chi connectivity index (χ0v) is 16.9. The fourth-order valence-electron chi connectivity index (χ4n) is 2.62. The molecule has 6 nitrogen and oxygen atoms in total. The first kappa shape index (κ1) is 20.5. The molecule has 0 spiro atoms. The zero-order valence-electron chi connectivity index (χ0n) is 15.3. The summed E-state index contributed by atoms with van der Waals surface area (Å²) in [6.45, 7) is 6.31. The van der Waals surface area contributed by atoms with Crippen molar-refractivity contribution in [2.45, 2.75) is 32.2 Å². The van der Waals surface area contributed by atoms with Crippen molar-refractivity contribution in [1.82, 2.24) is 9.21 Å². The van der Waals surface area contributed by atoms with Gasteiger partial charge in [0.15, 0.2) is 0 Å². The van der Waals surface area contributed by atoms with Crippen LogP contribution in [-0.2, 0) is 16.6 Å². The largest absolute Gasteiger partial charge is 0.464 e. The molecular formula is C18H23ClN2O4S. The van der Waals surface area contributed by atoms with Gasteiger partial charge in [0.25, 0.3) is 5.91 Å². The van der Waals surface area contributed by atoms with Gasteiger partial charge in [-0.25, -0.2) is 8.42 Å². The Morgan fingerprint density at radius 2 is 1.81 bits per heavy atom. The second-order valence-electron chi connectivity index (χ2n) is 5.90. The van der Waals surface area contributed by atoms with Crippen molar-refractivity contribution in [3.8, 4) is 0 Å². The fourth-order valence-corrected chi connectivity index (χ4v) is 4.31. The van der Waals surface area contributed by atoms with Gasteiger partial charge in [-0.3, -0.25) is 4.79 Å². The van der Waals surface area contributed by atoms with E-state index in [1.807, 2.05) is 13.0 Å². The van der Waals surface area contributed by atoms with Crippen LogP contribution in [0.25, 0.3) is 0 Å². The average Bonchev–Trinajstić information content (AvgIpc) is 3.00. The normalized spacial score (nSPS) is 11.8. The van der Waals surface area contributed by atoms with E-state index in [-0.39, 0.29) is 27.9 Å². The molecule has 0 saturated carbocycles. The van der Waals surface area contributed by atoms with Crippen LogP contribution in [0.4, 0.5) is 0 Å². The Bertz CT molecular complexity index is 888. The first-order valence-electron chi connectivity index (χ1n) is 8.31. The molecule has 1 amide bonds. The molecule has 26 heavy (non-hydrogen) atoms. The molecule has 0 aliphatic rings. The Balaban J connectivity index is 2.32. The number of amides is 1. The Hall–Kier alpha value is -1.83. The summed E-state index contributed by atoms with van der Waals surface area (Å²) in [5.74, 6) is 1.02. The quantitative estimate of drug-likeness (QED) is 0.715. The monoisotopic (exact) mass is 398 g/mol. The molecule has 0 unspecified atom stereocenters. The van der Waals surface area contributed by atoms with Crippen LogP contribution >= 0.6 is 11.6 Å². The summed E-state index contributed by atoms with van der Waals surface area (Å²) in [4.78, 5) is 14.2. The maximum atomic E-state index is 12.8. The van der Waals surface area contributed by atoms with Crippen molar-refractivity contribution >= 4 is 27.5 Å². The van der Waals surface area contributed by atoms with E-state index in [0.29, 0.717) is 18.8 Å². The molecule has 0 aliphatic carbocycles. The van der Waals surface area contributed by atoms with Gasteiger partial charge < -0.3 is 9.32 Å². The highest BCUT2D eigenvalue weighted by molar-refractivity contribution is 7.89. The van der Waals surface area contributed by atoms with Gasteiger partial charge >= 0.3 is 0 Å². The maximum absolute atomic E-state index is 12.8. The summed E-state index contributed by atoms with van der Waals surface area (Å²) in [5.41, 5.74) is 0.144. The van der Waals surface area contributed by atoms with Crippen LogP contribution in [0.5, 0.6) is 0 Å². The number of nitrogens with zero attached hydrogens (tertiary/aromatic N) is 2. The first-order valence-corrected chi connectivity index (χ1v) is 10.1. The number of aryl methyl sites for hydroxylation is 1. The molecule has 0 bridgehead atoms. The Labute approximate surface area is 159 Å². The summed E-state index contributed by atoms with van der Waals surface area (Å²) < 4.78 is 32.2. The van der Waals surface area contributed by atoms with Crippen LogP contribution in [0.15, 0.2) is 39.6 Å². The highest BCUT2D eigenvalue weighted by Crippen LogP contribution is 2.24. The summed E-state index contributed by atoms with van der Waals surface area (Å²) >= 11 is 6.16. The molecule has 1 heterocycles. The van der Waals surface area contributed by atoms with Crippen molar-refractivity contribution in [1.29, 1.82) is 0 Å². The number of furan rings is 1. The van der Waals surface area contributed by atoms with Crippen LogP contribution in [-0.4, -0.2) is 43.7 Å². The highest BCUT2D eigenvalue weighted by Gasteiger charge is 2.25. The van der Waals surface area contributed by atoms with E-state index >= 15 is 0 Å². The molecule has 0 aliphatic heterocycles. The van der Waals surface area contributed by atoms with Crippen LogP contribution in [0, 0.1) is 6.92 Å². The van der Waals surface area contributed by atoms with Gasteiger partial charge in [0.1, 0.15) is 11.5 Å². The fraction of sp³-hybridized carbons (Fsp3) is 0.389.